The highest BCUT2D eigenvalue weighted by Crippen LogP contribution is 2.11. The van der Waals surface area contributed by atoms with Crippen molar-refractivity contribution in [1.29, 1.82) is 0 Å². The Kier molecular flexibility index (Phi) is 6.61. The fourth-order valence-electron chi connectivity index (χ4n) is 1.55. The molecule has 16 heavy (non-hydrogen) atoms. The van der Waals surface area contributed by atoms with Crippen LogP contribution in [0.15, 0.2) is 10.9 Å². The van der Waals surface area contributed by atoms with Gasteiger partial charge >= 0.3 is 0 Å². The van der Waals surface area contributed by atoms with Crippen molar-refractivity contribution in [1.82, 2.24) is 15.2 Å². The molecule has 0 amide bonds. The third-order valence-corrected chi connectivity index (χ3v) is 3.34. The molecule has 3 nitrogen and oxygen atoms in total. The van der Waals surface area contributed by atoms with Crippen molar-refractivity contribution in [2.45, 2.75) is 32.7 Å². The first kappa shape index (κ1) is 13.6. The number of nitrogens with one attached hydrogen (secondary N) is 1. The molecule has 0 aliphatic carbocycles. The smallest absolute Gasteiger partial charge is 0.0795 e. The lowest BCUT2D eigenvalue weighted by Crippen LogP contribution is -2.31. The SMILES string of the molecule is CCCCN(C)CCNC(C)c1cscn1. The van der Waals surface area contributed by atoms with Crippen molar-refractivity contribution < 1.29 is 0 Å². The second-order valence-electron chi connectivity index (χ2n) is 4.25. The lowest BCUT2D eigenvalue weighted by molar-refractivity contribution is 0.320. The minimum Gasteiger partial charge on any atom is -0.308 e. The summed E-state index contributed by atoms with van der Waals surface area (Å²) in [6.07, 6.45) is 2.56. The number of unbranched alkanes of at least 4 members (excludes halogenated alkanes) is 1. The van der Waals surface area contributed by atoms with E-state index in [9.17, 15) is 0 Å². The van der Waals surface area contributed by atoms with Crippen molar-refractivity contribution in [2.24, 2.45) is 0 Å². The minimum absolute atomic E-state index is 0.367. The van der Waals surface area contributed by atoms with Gasteiger partial charge in [0, 0.05) is 24.5 Å². The average Bonchev–Trinajstić information content (AvgIpc) is 2.79. The van der Waals surface area contributed by atoms with Crippen LogP contribution < -0.4 is 5.32 Å². The van der Waals surface area contributed by atoms with E-state index in [1.54, 1.807) is 11.3 Å². The second kappa shape index (κ2) is 7.76. The summed E-state index contributed by atoms with van der Waals surface area (Å²) >= 11 is 1.66. The zero-order valence-corrected chi connectivity index (χ0v) is 11.4. The van der Waals surface area contributed by atoms with E-state index in [2.05, 4.69) is 41.5 Å². The van der Waals surface area contributed by atoms with Crippen LogP contribution in [0.1, 0.15) is 38.4 Å². The molecule has 0 saturated carbocycles. The summed E-state index contributed by atoms with van der Waals surface area (Å²) < 4.78 is 0. The molecule has 0 radical (unpaired) electrons. The van der Waals surface area contributed by atoms with E-state index < -0.39 is 0 Å². The topological polar surface area (TPSA) is 28.2 Å². The third kappa shape index (κ3) is 5.05. The van der Waals surface area contributed by atoms with Gasteiger partial charge in [0.15, 0.2) is 0 Å². The Morgan fingerprint density at radius 3 is 2.94 bits per heavy atom. The summed E-state index contributed by atoms with van der Waals surface area (Å²) in [6.45, 7) is 7.73. The zero-order chi connectivity index (χ0) is 11.8. The van der Waals surface area contributed by atoms with Crippen LogP contribution in [0.25, 0.3) is 0 Å². The fraction of sp³-hybridized carbons (Fsp3) is 0.750. The molecule has 1 aromatic heterocycles. The van der Waals surface area contributed by atoms with Crippen LogP contribution in [-0.2, 0) is 0 Å². The van der Waals surface area contributed by atoms with Gasteiger partial charge in [0.1, 0.15) is 0 Å². The molecule has 0 bridgehead atoms. The van der Waals surface area contributed by atoms with E-state index in [1.165, 1.54) is 19.4 Å². The number of rotatable bonds is 8. The first-order valence-corrected chi connectivity index (χ1v) is 6.98. The molecule has 0 fully saturated rings. The standard InChI is InChI=1S/C12H23N3S/c1-4-5-7-15(3)8-6-13-11(2)12-9-16-10-14-12/h9-11,13H,4-8H2,1-3H3. The van der Waals surface area contributed by atoms with E-state index >= 15 is 0 Å². The maximum Gasteiger partial charge on any atom is 0.0795 e. The van der Waals surface area contributed by atoms with Gasteiger partial charge in [0.25, 0.3) is 0 Å². The van der Waals surface area contributed by atoms with Gasteiger partial charge in [-0.05, 0) is 26.9 Å². The van der Waals surface area contributed by atoms with Crippen molar-refractivity contribution >= 4 is 11.3 Å². The van der Waals surface area contributed by atoms with Gasteiger partial charge in [-0.25, -0.2) is 4.98 Å². The van der Waals surface area contributed by atoms with E-state index in [0.717, 1.165) is 18.8 Å². The number of nitrogens with zero attached hydrogens (tertiary/aromatic N) is 2. The molecule has 1 heterocycles. The molecule has 0 aliphatic heterocycles. The molecule has 0 saturated heterocycles. The first-order chi connectivity index (χ1) is 7.74. The van der Waals surface area contributed by atoms with Crippen molar-refractivity contribution in [2.75, 3.05) is 26.7 Å². The molecule has 1 aromatic rings. The Morgan fingerprint density at radius 1 is 1.50 bits per heavy atom. The Hall–Kier alpha value is -0.450. The van der Waals surface area contributed by atoms with Crippen molar-refractivity contribution in [3.63, 3.8) is 0 Å². The largest absolute Gasteiger partial charge is 0.308 e. The average molecular weight is 241 g/mol. The fourth-order valence-corrected chi connectivity index (χ4v) is 2.20. The van der Waals surface area contributed by atoms with E-state index in [-0.39, 0.29) is 0 Å². The number of aromatic nitrogens is 1. The highest BCUT2D eigenvalue weighted by Gasteiger charge is 2.06. The number of hydrogen-bond acceptors (Lipinski definition) is 4. The second-order valence-corrected chi connectivity index (χ2v) is 4.96. The molecule has 92 valence electrons. The summed E-state index contributed by atoms with van der Waals surface area (Å²) in [4.78, 5) is 6.69. The van der Waals surface area contributed by atoms with Crippen LogP contribution in [0.4, 0.5) is 0 Å². The van der Waals surface area contributed by atoms with Crippen LogP contribution in [0, 0.1) is 0 Å². The van der Waals surface area contributed by atoms with Crippen LogP contribution in [-0.4, -0.2) is 36.6 Å². The number of hydrogen-bond donors (Lipinski definition) is 1. The first-order valence-electron chi connectivity index (χ1n) is 6.04. The quantitative estimate of drug-likeness (QED) is 0.758. The van der Waals surface area contributed by atoms with Gasteiger partial charge < -0.3 is 10.2 Å². The normalized spacial score (nSPS) is 13.2. The van der Waals surface area contributed by atoms with Crippen molar-refractivity contribution in [3.8, 4) is 0 Å². The zero-order valence-electron chi connectivity index (χ0n) is 10.6. The summed E-state index contributed by atoms with van der Waals surface area (Å²) in [6, 6.07) is 0.367. The third-order valence-electron chi connectivity index (χ3n) is 2.73. The number of thiazole rings is 1. The molecule has 1 unspecified atom stereocenters. The van der Waals surface area contributed by atoms with Gasteiger partial charge in [-0.2, -0.15) is 0 Å². The highest BCUT2D eigenvalue weighted by atomic mass is 32.1. The monoisotopic (exact) mass is 241 g/mol. The lowest BCUT2D eigenvalue weighted by Gasteiger charge is -2.18. The van der Waals surface area contributed by atoms with Gasteiger partial charge in [-0.1, -0.05) is 13.3 Å². The molecule has 0 aromatic carbocycles. The van der Waals surface area contributed by atoms with Crippen molar-refractivity contribution in [3.05, 3.63) is 16.6 Å². The Bertz CT molecular complexity index is 261. The molecule has 1 rings (SSSR count). The Labute approximate surface area is 103 Å². The Morgan fingerprint density at radius 2 is 2.31 bits per heavy atom. The Balaban J connectivity index is 2.11. The molecule has 0 spiro atoms. The van der Waals surface area contributed by atoms with Gasteiger partial charge in [0.05, 0.1) is 11.2 Å². The maximum absolute atomic E-state index is 4.31. The summed E-state index contributed by atoms with van der Waals surface area (Å²) in [5, 5.41) is 5.60. The summed E-state index contributed by atoms with van der Waals surface area (Å²) in [7, 11) is 2.19. The molecule has 0 aliphatic rings. The van der Waals surface area contributed by atoms with Crippen LogP contribution in [0.5, 0.6) is 0 Å². The minimum atomic E-state index is 0.367. The van der Waals surface area contributed by atoms with Crippen LogP contribution >= 0.6 is 11.3 Å². The van der Waals surface area contributed by atoms with Gasteiger partial charge in [-0.15, -0.1) is 11.3 Å². The molecular weight excluding hydrogens is 218 g/mol. The molecule has 1 N–H and O–H groups in total. The molecular formula is C12H23N3S. The highest BCUT2D eigenvalue weighted by molar-refractivity contribution is 7.07. The number of likely N-dealkylation sites (N-methyl/N-ethyl adjacent to an activating group) is 1. The lowest BCUT2D eigenvalue weighted by atomic mass is 10.2. The summed E-state index contributed by atoms with van der Waals surface area (Å²) in [5.74, 6) is 0. The van der Waals surface area contributed by atoms with E-state index in [0.29, 0.717) is 6.04 Å². The maximum atomic E-state index is 4.31. The van der Waals surface area contributed by atoms with Gasteiger partial charge in [0.2, 0.25) is 0 Å². The summed E-state index contributed by atoms with van der Waals surface area (Å²) in [5.41, 5.74) is 3.04. The predicted molar refractivity (Wildman–Crippen MR) is 70.9 cm³/mol. The van der Waals surface area contributed by atoms with Gasteiger partial charge in [-0.3, -0.25) is 0 Å². The predicted octanol–water partition coefficient (Wildman–Crippen LogP) is 2.53. The molecule has 4 heteroatoms. The van der Waals surface area contributed by atoms with E-state index in [4.69, 9.17) is 0 Å². The molecule has 1 atom stereocenters. The van der Waals surface area contributed by atoms with Crippen LogP contribution in [0.2, 0.25) is 0 Å². The van der Waals surface area contributed by atoms with Crippen LogP contribution in [0.3, 0.4) is 0 Å². The van der Waals surface area contributed by atoms with E-state index in [1.807, 2.05) is 5.51 Å².